The normalized spacial score (nSPS) is 28.7. The minimum atomic E-state index is -0.0441. The number of likely N-dealkylation sites (N-methyl/N-ethyl adjacent to an activating group) is 1. The van der Waals surface area contributed by atoms with Gasteiger partial charge in [0.05, 0.1) is 11.2 Å². The molecule has 0 bridgehead atoms. The first-order chi connectivity index (χ1) is 11.0. The first-order valence-corrected chi connectivity index (χ1v) is 9.02. The molecule has 23 heavy (non-hydrogen) atoms. The highest BCUT2D eigenvalue weighted by molar-refractivity contribution is 5.93. The van der Waals surface area contributed by atoms with E-state index in [0.29, 0.717) is 6.04 Å². The van der Waals surface area contributed by atoms with Gasteiger partial charge in [-0.3, -0.25) is 9.48 Å². The number of piperidine rings is 2. The second-order valence-electron chi connectivity index (χ2n) is 7.45. The Morgan fingerprint density at radius 3 is 2.87 bits per heavy atom. The maximum absolute atomic E-state index is 13.3. The van der Waals surface area contributed by atoms with Crippen LogP contribution in [0, 0.1) is 0 Å². The third-order valence-electron chi connectivity index (χ3n) is 5.82. The highest BCUT2D eigenvalue weighted by Crippen LogP contribution is 2.39. The Kier molecular flexibility index (Phi) is 4.50. The van der Waals surface area contributed by atoms with Crippen LogP contribution in [0.2, 0.25) is 0 Å². The van der Waals surface area contributed by atoms with Gasteiger partial charge in [-0.1, -0.05) is 13.3 Å². The molecule has 1 amide bonds. The van der Waals surface area contributed by atoms with E-state index < -0.39 is 0 Å². The summed E-state index contributed by atoms with van der Waals surface area (Å²) in [4.78, 5) is 17.8. The molecule has 2 aliphatic rings. The van der Waals surface area contributed by atoms with Crippen LogP contribution in [0.15, 0.2) is 6.07 Å². The molecule has 2 saturated heterocycles. The number of aromatic nitrogens is 2. The molecule has 0 aliphatic carbocycles. The van der Waals surface area contributed by atoms with Gasteiger partial charge in [0, 0.05) is 19.6 Å². The van der Waals surface area contributed by atoms with E-state index >= 15 is 0 Å². The van der Waals surface area contributed by atoms with Crippen LogP contribution < -0.4 is 0 Å². The van der Waals surface area contributed by atoms with Crippen LogP contribution >= 0.6 is 0 Å². The van der Waals surface area contributed by atoms with Crippen molar-refractivity contribution in [3.8, 4) is 0 Å². The van der Waals surface area contributed by atoms with Gasteiger partial charge in [-0.25, -0.2) is 0 Å². The zero-order chi connectivity index (χ0) is 16.6. The van der Waals surface area contributed by atoms with Gasteiger partial charge in [0.25, 0.3) is 5.91 Å². The number of amides is 1. The van der Waals surface area contributed by atoms with Crippen molar-refractivity contribution < 1.29 is 4.79 Å². The number of rotatable bonds is 3. The average Bonchev–Trinajstić information content (AvgIpc) is 2.87. The van der Waals surface area contributed by atoms with E-state index in [9.17, 15) is 4.79 Å². The number of likely N-dealkylation sites (tertiary alicyclic amines) is 2. The molecular formula is C18H30N4O. The SMILES string of the molecule is CCCc1cc(C(=O)N2CCC[C@@H]3N(C)CCC[C@@]32C)n(C)n1. The Hall–Kier alpha value is -1.36. The van der Waals surface area contributed by atoms with Crippen LogP contribution in [0.5, 0.6) is 0 Å². The van der Waals surface area contributed by atoms with E-state index in [1.807, 2.05) is 13.1 Å². The van der Waals surface area contributed by atoms with Crippen LogP contribution in [0.1, 0.15) is 62.1 Å². The number of nitrogens with zero attached hydrogens (tertiary/aromatic N) is 4. The van der Waals surface area contributed by atoms with Crippen LogP contribution in [-0.2, 0) is 13.5 Å². The van der Waals surface area contributed by atoms with Crippen molar-refractivity contribution in [1.82, 2.24) is 19.6 Å². The molecule has 1 aromatic rings. The first-order valence-electron chi connectivity index (χ1n) is 9.02. The number of carbonyl (C=O) groups excluding carboxylic acids is 1. The third-order valence-corrected chi connectivity index (χ3v) is 5.82. The smallest absolute Gasteiger partial charge is 0.272 e. The monoisotopic (exact) mass is 318 g/mol. The quantitative estimate of drug-likeness (QED) is 0.860. The van der Waals surface area contributed by atoms with Crippen LogP contribution in [0.4, 0.5) is 0 Å². The van der Waals surface area contributed by atoms with Gasteiger partial charge in [0.15, 0.2) is 0 Å². The Morgan fingerprint density at radius 1 is 1.35 bits per heavy atom. The number of carbonyl (C=O) groups is 1. The molecule has 0 saturated carbocycles. The summed E-state index contributed by atoms with van der Waals surface area (Å²) in [7, 11) is 4.10. The van der Waals surface area contributed by atoms with Crippen molar-refractivity contribution in [1.29, 1.82) is 0 Å². The number of hydrogen-bond donors (Lipinski definition) is 0. The van der Waals surface area contributed by atoms with Gasteiger partial charge < -0.3 is 9.80 Å². The fourth-order valence-electron chi connectivity index (χ4n) is 4.60. The molecule has 0 unspecified atom stereocenters. The summed E-state index contributed by atoms with van der Waals surface area (Å²) in [6, 6.07) is 2.48. The van der Waals surface area contributed by atoms with Crippen LogP contribution in [-0.4, -0.2) is 57.2 Å². The first kappa shape index (κ1) is 16.5. The van der Waals surface area contributed by atoms with Gasteiger partial charge in [-0.05, 0) is 58.7 Å². The van der Waals surface area contributed by atoms with Crippen molar-refractivity contribution in [2.75, 3.05) is 20.1 Å². The molecule has 2 fully saturated rings. The molecule has 128 valence electrons. The van der Waals surface area contributed by atoms with E-state index in [4.69, 9.17) is 0 Å². The van der Waals surface area contributed by atoms with Gasteiger partial charge in [-0.15, -0.1) is 0 Å². The number of fused-ring (bicyclic) bond motifs is 1. The van der Waals surface area contributed by atoms with E-state index in [0.717, 1.165) is 50.2 Å². The lowest BCUT2D eigenvalue weighted by Gasteiger charge is -2.55. The molecule has 0 spiro atoms. The molecule has 5 heteroatoms. The van der Waals surface area contributed by atoms with Gasteiger partial charge >= 0.3 is 0 Å². The topological polar surface area (TPSA) is 41.4 Å². The average molecular weight is 318 g/mol. The Labute approximate surface area is 139 Å². The van der Waals surface area contributed by atoms with Crippen molar-refractivity contribution in [2.24, 2.45) is 7.05 Å². The molecular weight excluding hydrogens is 288 g/mol. The highest BCUT2D eigenvalue weighted by atomic mass is 16.2. The van der Waals surface area contributed by atoms with Crippen molar-refractivity contribution in [3.63, 3.8) is 0 Å². The summed E-state index contributed by atoms with van der Waals surface area (Å²) < 4.78 is 1.77. The second kappa shape index (κ2) is 6.27. The van der Waals surface area contributed by atoms with Gasteiger partial charge in [0.1, 0.15) is 5.69 Å². The van der Waals surface area contributed by atoms with Gasteiger partial charge in [0.2, 0.25) is 0 Å². The predicted molar refractivity (Wildman–Crippen MR) is 91.5 cm³/mol. The lowest BCUT2D eigenvalue weighted by molar-refractivity contribution is -0.0351. The summed E-state index contributed by atoms with van der Waals surface area (Å²) in [5, 5.41) is 4.52. The minimum absolute atomic E-state index is 0.0441. The molecule has 1 aromatic heterocycles. The summed E-state index contributed by atoms with van der Waals surface area (Å²) in [5.74, 6) is 0.157. The summed E-state index contributed by atoms with van der Waals surface area (Å²) >= 11 is 0. The lowest BCUT2D eigenvalue weighted by atomic mass is 9.76. The van der Waals surface area contributed by atoms with E-state index in [1.54, 1.807) is 4.68 Å². The zero-order valence-electron chi connectivity index (χ0n) is 15.0. The number of hydrogen-bond acceptors (Lipinski definition) is 3. The Balaban J connectivity index is 1.89. The largest absolute Gasteiger partial charge is 0.330 e. The standard InChI is InChI=1S/C18H30N4O/c1-5-8-14-13-15(21(4)19-14)17(23)22-12-6-9-16-18(22,2)10-7-11-20(16)3/h13,16H,5-12H2,1-4H3/t16-,18-/m0/s1. The molecule has 0 aromatic carbocycles. The second-order valence-corrected chi connectivity index (χ2v) is 7.45. The minimum Gasteiger partial charge on any atom is -0.330 e. The van der Waals surface area contributed by atoms with E-state index in [-0.39, 0.29) is 11.4 Å². The molecule has 2 aliphatic heterocycles. The molecule has 3 heterocycles. The predicted octanol–water partition coefficient (Wildman–Crippen LogP) is 2.46. The van der Waals surface area contributed by atoms with Gasteiger partial charge in [-0.2, -0.15) is 5.10 Å². The zero-order valence-corrected chi connectivity index (χ0v) is 15.0. The summed E-state index contributed by atoms with van der Waals surface area (Å²) in [6.45, 7) is 6.45. The molecule has 2 atom stereocenters. The van der Waals surface area contributed by atoms with Crippen LogP contribution in [0.25, 0.3) is 0 Å². The molecule has 0 N–H and O–H groups in total. The lowest BCUT2D eigenvalue weighted by Crippen LogP contribution is -2.66. The Morgan fingerprint density at radius 2 is 2.13 bits per heavy atom. The third kappa shape index (κ3) is 2.80. The van der Waals surface area contributed by atoms with Crippen molar-refractivity contribution in [2.45, 2.75) is 64.0 Å². The van der Waals surface area contributed by atoms with E-state index in [2.05, 4.69) is 35.8 Å². The fraction of sp³-hybridized carbons (Fsp3) is 0.778. The fourth-order valence-corrected chi connectivity index (χ4v) is 4.60. The summed E-state index contributed by atoms with van der Waals surface area (Å²) in [5.41, 5.74) is 1.72. The van der Waals surface area contributed by atoms with E-state index in [1.165, 1.54) is 12.8 Å². The summed E-state index contributed by atoms with van der Waals surface area (Å²) in [6.07, 6.45) is 6.55. The van der Waals surface area contributed by atoms with Crippen molar-refractivity contribution in [3.05, 3.63) is 17.5 Å². The van der Waals surface area contributed by atoms with Crippen molar-refractivity contribution >= 4 is 5.91 Å². The highest BCUT2D eigenvalue weighted by Gasteiger charge is 2.48. The Bertz CT molecular complexity index is 582. The maximum Gasteiger partial charge on any atom is 0.272 e. The molecule has 3 rings (SSSR count). The maximum atomic E-state index is 13.3. The molecule has 5 nitrogen and oxygen atoms in total. The molecule has 0 radical (unpaired) electrons. The number of aryl methyl sites for hydroxylation is 2. The van der Waals surface area contributed by atoms with Crippen LogP contribution in [0.3, 0.4) is 0 Å².